The molecule has 1 heterocycles. The molecule has 0 saturated heterocycles. The van der Waals surface area contributed by atoms with Gasteiger partial charge in [0.25, 0.3) is 0 Å². The fourth-order valence-corrected chi connectivity index (χ4v) is 1.85. The van der Waals surface area contributed by atoms with Crippen LogP contribution >= 0.6 is 11.6 Å². The molecule has 4 nitrogen and oxygen atoms in total. The molecule has 5 heteroatoms. The summed E-state index contributed by atoms with van der Waals surface area (Å²) in [5.74, 6) is 0. The van der Waals surface area contributed by atoms with Crippen LogP contribution in [0.3, 0.4) is 0 Å². The number of hydrogen-bond donors (Lipinski definition) is 0. The summed E-state index contributed by atoms with van der Waals surface area (Å²) in [6.07, 6.45) is 5.53. The predicted octanol–water partition coefficient (Wildman–Crippen LogP) is 2.23. The van der Waals surface area contributed by atoms with Crippen LogP contribution in [0.2, 0.25) is 5.02 Å². The van der Waals surface area contributed by atoms with E-state index >= 15 is 0 Å². The first kappa shape index (κ1) is 13.4. The summed E-state index contributed by atoms with van der Waals surface area (Å²) in [7, 11) is 0. The summed E-state index contributed by atoms with van der Waals surface area (Å²) < 4.78 is 2.69. The molecule has 0 saturated carbocycles. The van der Waals surface area contributed by atoms with Crippen LogP contribution in [-0.4, -0.2) is 9.13 Å². The second-order valence-corrected chi connectivity index (χ2v) is 4.46. The number of halogens is 1. The Morgan fingerprint density at radius 1 is 1.11 bits per heavy atom. The largest absolute Gasteiger partial charge is 0.320 e. The second kappa shape index (κ2) is 5.71. The SMILES string of the molecule is C=CCCn1ccn(-c2ccc(Cl)cc2)c(=O)c1=O. The molecule has 0 unspecified atom stereocenters. The molecule has 0 fully saturated rings. The zero-order chi connectivity index (χ0) is 13.8. The zero-order valence-electron chi connectivity index (χ0n) is 10.3. The van der Waals surface area contributed by atoms with Gasteiger partial charge in [0.05, 0.1) is 0 Å². The summed E-state index contributed by atoms with van der Waals surface area (Å²) in [4.78, 5) is 23.9. The van der Waals surface area contributed by atoms with Gasteiger partial charge in [-0.2, -0.15) is 0 Å². The van der Waals surface area contributed by atoms with Crippen LogP contribution in [0.5, 0.6) is 0 Å². The molecule has 0 atom stereocenters. The Morgan fingerprint density at radius 2 is 1.79 bits per heavy atom. The number of rotatable bonds is 4. The Morgan fingerprint density at radius 3 is 2.42 bits per heavy atom. The number of aromatic nitrogens is 2. The van der Waals surface area contributed by atoms with Crippen molar-refractivity contribution >= 4 is 11.6 Å². The van der Waals surface area contributed by atoms with Crippen LogP contribution in [0.15, 0.2) is 58.9 Å². The van der Waals surface area contributed by atoms with Crippen molar-refractivity contribution in [2.45, 2.75) is 13.0 Å². The van der Waals surface area contributed by atoms with E-state index in [1.807, 2.05) is 0 Å². The Bertz CT molecular complexity index is 699. The van der Waals surface area contributed by atoms with Crippen LogP contribution in [0, 0.1) is 0 Å². The van der Waals surface area contributed by atoms with Crippen LogP contribution < -0.4 is 11.1 Å². The van der Waals surface area contributed by atoms with E-state index in [4.69, 9.17) is 11.6 Å². The van der Waals surface area contributed by atoms with E-state index in [2.05, 4.69) is 6.58 Å². The minimum Gasteiger partial charge on any atom is -0.309 e. The molecule has 19 heavy (non-hydrogen) atoms. The molecular weight excluding hydrogens is 264 g/mol. The molecule has 0 aliphatic carbocycles. The van der Waals surface area contributed by atoms with Gasteiger partial charge in [0.15, 0.2) is 0 Å². The summed E-state index contributed by atoms with van der Waals surface area (Å²) >= 11 is 5.79. The summed E-state index contributed by atoms with van der Waals surface area (Å²) in [6.45, 7) is 4.05. The highest BCUT2D eigenvalue weighted by Gasteiger charge is 2.06. The lowest BCUT2D eigenvalue weighted by molar-refractivity contribution is 0.656. The van der Waals surface area contributed by atoms with E-state index in [1.54, 1.807) is 42.7 Å². The number of hydrogen-bond acceptors (Lipinski definition) is 2. The molecule has 0 aliphatic heterocycles. The summed E-state index contributed by atoms with van der Waals surface area (Å²) in [5.41, 5.74) is -0.504. The minimum atomic E-state index is -0.575. The first-order valence-electron chi connectivity index (χ1n) is 5.82. The van der Waals surface area contributed by atoms with Crippen molar-refractivity contribution in [2.24, 2.45) is 0 Å². The molecule has 0 amide bonds. The summed E-state index contributed by atoms with van der Waals surface area (Å²) in [5, 5.41) is 0.580. The monoisotopic (exact) mass is 276 g/mol. The van der Waals surface area contributed by atoms with Crippen molar-refractivity contribution in [3.05, 3.63) is 75.0 Å². The van der Waals surface area contributed by atoms with Crippen LogP contribution in [0.1, 0.15) is 6.42 Å². The van der Waals surface area contributed by atoms with Crippen LogP contribution in [0.25, 0.3) is 5.69 Å². The minimum absolute atomic E-state index is 0.457. The van der Waals surface area contributed by atoms with Gasteiger partial charge in [0.1, 0.15) is 0 Å². The average Bonchev–Trinajstić information content (AvgIpc) is 2.42. The molecule has 1 aromatic heterocycles. The Labute approximate surface area is 115 Å². The van der Waals surface area contributed by atoms with Gasteiger partial charge in [-0.25, -0.2) is 0 Å². The maximum absolute atomic E-state index is 12.0. The lowest BCUT2D eigenvalue weighted by Gasteiger charge is -2.08. The quantitative estimate of drug-likeness (QED) is 0.635. The predicted molar refractivity (Wildman–Crippen MR) is 76.1 cm³/mol. The van der Waals surface area contributed by atoms with Gasteiger partial charge in [0.2, 0.25) is 0 Å². The lowest BCUT2D eigenvalue weighted by Crippen LogP contribution is -2.39. The van der Waals surface area contributed by atoms with Gasteiger partial charge in [-0.3, -0.25) is 14.2 Å². The normalized spacial score (nSPS) is 10.4. The highest BCUT2D eigenvalue weighted by molar-refractivity contribution is 6.30. The number of nitrogens with zero attached hydrogens (tertiary/aromatic N) is 2. The lowest BCUT2D eigenvalue weighted by atomic mass is 10.3. The van der Waals surface area contributed by atoms with Crippen LogP contribution in [-0.2, 0) is 6.54 Å². The van der Waals surface area contributed by atoms with E-state index < -0.39 is 11.1 Å². The molecule has 0 radical (unpaired) electrons. The van der Waals surface area contributed by atoms with Gasteiger partial charge < -0.3 is 4.57 Å². The maximum atomic E-state index is 12.0. The molecule has 2 rings (SSSR count). The van der Waals surface area contributed by atoms with Crippen molar-refractivity contribution in [3.8, 4) is 5.69 Å². The van der Waals surface area contributed by atoms with Gasteiger partial charge in [-0.05, 0) is 30.7 Å². The maximum Gasteiger partial charge on any atom is 0.320 e. The van der Waals surface area contributed by atoms with Gasteiger partial charge >= 0.3 is 11.1 Å². The van der Waals surface area contributed by atoms with Crippen molar-refractivity contribution in [3.63, 3.8) is 0 Å². The van der Waals surface area contributed by atoms with E-state index in [-0.39, 0.29) is 0 Å². The van der Waals surface area contributed by atoms with E-state index in [9.17, 15) is 9.59 Å². The number of aryl methyl sites for hydroxylation is 1. The molecule has 98 valence electrons. The Kier molecular flexibility index (Phi) is 4.02. The first-order valence-corrected chi connectivity index (χ1v) is 6.20. The topological polar surface area (TPSA) is 44.0 Å². The molecule has 0 aliphatic rings. The second-order valence-electron chi connectivity index (χ2n) is 4.03. The molecule has 2 aromatic rings. The number of benzene rings is 1. The van der Waals surface area contributed by atoms with Crippen LogP contribution in [0.4, 0.5) is 0 Å². The number of allylic oxidation sites excluding steroid dienone is 1. The third-order valence-electron chi connectivity index (χ3n) is 2.74. The molecule has 0 N–H and O–H groups in total. The fourth-order valence-electron chi connectivity index (χ4n) is 1.72. The van der Waals surface area contributed by atoms with Gasteiger partial charge in [-0.15, -0.1) is 6.58 Å². The Balaban J connectivity index is 2.47. The molecule has 0 spiro atoms. The fraction of sp³-hybridized carbons (Fsp3) is 0.143. The highest BCUT2D eigenvalue weighted by atomic mass is 35.5. The van der Waals surface area contributed by atoms with Crippen molar-refractivity contribution in [1.29, 1.82) is 0 Å². The van der Waals surface area contributed by atoms with Gasteiger partial charge in [-0.1, -0.05) is 17.7 Å². The smallest absolute Gasteiger partial charge is 0.309 e. The van der Waals surface area contributed by atoms with Crippen molar-refractivity contribution in [2.75, 3.05) is 0 Å². The van der Waals surface area contributed by atoms with Gasteiger partial charge in [0, 0.05) is 29.6 Å². The van der Waals surface area contributed by atoms with Crippen molar-refractivity contribution in [1.82, 2.24) is 9.13 Å². The third kappa shape index (κ3) is 2.85. The third-order valence-corrected chi connectivity index (χ3v) is 2.99. The zero-order valence-corrected chi connectivity index (χ0v) is 11.0. The highest BCUT2D eigenvalue weighted by Crippen LogP contribution is 2.11. The van der Waals surface area contributed by atoms with E-state index in [1.165, 1.54) is 9.13 Å². The molecule has 1 aromatic carbocycles. The standard InChI is InChI=1S/C14H13ClN2O2/c1-2-3-8-16-9-10-17(14(19)13(16)18)12-6-4-11(15)5-7-12/h2,4-7,9-10H,1,3,8H2. The van der Waals surface area contributed by atoms with E-state index in [0.717, 1.165) is 0 Å². The first-order chi connectivity index (χ1) is 9.13. The Hall–Kier alpha value is -2.07. The van der Waals surface area contributed by atoms with E-state index in [0.29, 0.717) is 23.7 Å². The molecular formula is C14H13ClN2O2. The van der Waals surface area contributed by atoms with Crippen molar-refractivity contribution < 1.29 is 0 Å². The molecule has 0 bridgehead atoms. The summed E-state index contributed by atoms with van der Waals surface area (Å²) in [6, 6.07) is 6.73. The average molecular weight is 277 g/mol.